The standard InChI is InChI=1S/C25H25BF3N4O3.K/c1-33(2)20-12-10-19(11-13-20)31-32-23-7-4-3-6-22(23)25(35)30-16-5-17-36-21-14-8-18(9-15-21)24(34)26(27,28)29;/h3-4,6-15H,5,16-17H2,1-2H3,(H,30,35);/q-1;+1. The van der Waals surface area contributed by atoms with Crippen LogP contribution in [0.2, 0.25) is 0 Å². The van der Waals surface area contributed by atoms with Gasteiger partial charge in [0.05, 0.1) is 23.5 Å². The van der Waals surface area contributed by atoms with Crippen molar-refractivity contribution >= 4 is 35.6 Å². The number of benzene rings is 3. The molecule has 0 aliphatic carbocycles. The van der Waals surface area contributed by atoms with Gasteiger partial charge in [-0.2, -0.15) is 5.11 Å². The monoisotopic (exact) mass is 536 g/mol. The molecule has 12 heteroatoms. The summed E-state index contributed by atoms with van der Waals surface area (Å²) in [6, 6.07) is 19.1. The second kappa shape index (κ2) is 14.4. The molecule has 1 N–H and O–H groups in total. The minimum absolute atomic E-state index is 0. The summed E-state index contributed by atoms with van der Waals surface area (Å²) in [5, 5.41) is 11.2. The number of carbonyl (C=O) groups is 2. The van der Waals surface area contributed by atoms with Crippen molar-refractivity contribution in [1.29, 1.82) is 0 Å². The fraction of sp³-hybridized carbons (Fsp3) is 0.200. The van der Waals surface area contributed by atoms with Crippen LogP contribution in [-0.4, -0.2) is 45.8 Å². The smallest absolute Gasteiger partial charge is 0.494 e. The van der Waals surface area contributed by atoms with Crippen molar-refractivity contribution in [2.75, 3.05) is 32.1 Å². The molecule has 0 saturated heterocycles. The Morgan fingerprint density at radius 1 is 0.919 bits per heavy atom. The van der Waals surface area contributed by atoms with Gasteiger partial charge in [-0.15, -0.1) is 5.11 Å². The summed E-state index contributed by atoms with van der Waals surface area (Å²) in [6.07, 6.45) is 0.458. The van der Waals surface area contributed by atoms with E-state index in [1.807, 2.05) is 43.3 Å². The topological polar surface area (TPSA) is 83.4 Å². The van der Waals surface area contributed by atoms with Crippen LogP contribution in [0, 0.1) is 0 Å². The maximum atomic E-state index is 12.6. The molecule has 37 heavy (non-hydrogen) atoms. The molecule has 3 rings (SSSR count). The van der Waals surface area contributed by atoms with Crippen molar-refractivity contribution in [2.45, 2.75) is 6.42 Å². The third-order valence-electron chi connectivity index (χ3n) is 5.10. The molecule has 188 valence electrons. The molecule has 0 spiro atoms. The molecule has 0 aliphatic rings. The molecule has 0 saturated carbocycles. The van der Waals surface area contributed by atoms with Gasteiger partial charge >= 0.3 is 58.4 Å². The molecule has 0 radical (unpaired) electrons. The summed E-state index contributed by atoms with van der Waals surface area (Å²) < 4.78 is 43.1. The van der Waals surface area contributed by atoms with E-state index in [9.17, 15) is 22.5 Å². The van der Waals surface area contributed by atoms with Crippen molar-refractivity contribution in [3.05, 3.63) is 83.9 Å². The molecule has 0 fully saturated rings. The van der Waals surface area contributed by atoms with Crippen LogP contribution >= 0.6 is 0 Å². The summed E-state index contributed by atoms with van der Waals surface area (Å²) >= 11 is 0. The van der Waals surface area contributed by atoms with Crippen molar-refractivity contribution in [3.8, 4) is 5.75 Å². The van der Waals surface area contributed by atoms with Gasteiger partial charge in [-0.1, -0.05) is 24.3 Å². The maximum absolute atomic E-state index is 12.6. The zero-order valence-corrected chi connectivity index (χ0v) is 24.0. The van der Waals surface area contributed by atoms with Crippen molar-refractivity contribution in [1.82, 2.24) is 5.32 Å². The second-order valence-corrected chi connectivity index (χ2v) is 8.05. The van der Waals surface area contributed by atoms with Crippen LogP contribution in [0.5, 0.6) is 5.75 Å². The number of hydrogen-bond donors (Lipinski definition) is 1. The molecule has 0 bridgehead atoms. The molecule has 7 nitrogen and oxygen atoms in total. The molecular formula is C25H25BF3KN4O3. The number of amides is 1. The Balaban J connectivity index is 0.00000481. The SMILES string of the molecule is CN(C)c1ccc(N=Nc2ccccc2C(=O)NCCCOc2ccc(C(=O)[B-](F)(F)F)cc2)cc1.[K+]. The van der Waals surface area contributed by atoms with E-state index in [1.165, 1.54) is 12.1 Å². The largest absolute Gasteiger partial charge is 1.00 e. The zero-order chi connectivity index (χ0) is 26.1. The maximum Gasteiger partial charge on any atom is 1.00 e. The van der Waals surface area contributed by atoms with Crippen LogP contribution in [-0.2, 0) is 0 Å². The van der Waals surface area contributed by atoms with Gasteiger partial charge in [0.2, 0.25) is 0 Å². The first kappa shape index (κ1) is 30.7. The molecular weight excluding hydrogens is 511 g/mol. The third kappa shape index (κ3) is 9.38. The average molecular weight is 536 g/mol. The Hall–Kier alpha value is -2.51. The molecule has 0 aliphatic heterocycles. The number of halogens is 3. The van der Waals surface area contributed by atoms with E-state index in [1.54, 1.807) is 24.3 Å². The van der Waals surface area contributed by atoms with Crippen LogP contribution in [0.1, 0.15) is 27.1 Å². The van der Waals surface area contributed by atoms with Crippen LogP contribution in [0.15, 0.2) is 83.0 Å². The number of hydrogen-bond acceptors (Lipinski definition) is 6. The van der Waals surface area contributed by atoms with Gasteiger partial charge in [0.1, 0.15) is 11.4 Å². The Kier molecular flexibility index (Phi) is 12.0. The summed E-state index contributed by atoms with van der Waals surface area (Å²) in [6.45, 7) is -5.04. The van der Waals surface area contributed by atoms with E-state index < -0.39 is 18.2 Å². The van der Waals surface area contributed by atoms with Gasteiger partial charge in [0.25, 0.3) is 5.91 Å². The Morgan fingerprint density at radius 3 is 2.19 bits per heavy atom. The summed E-state index contributed by atoms with van der Waals surface area (Å²) in [4.78, 5) is 25.8. The minimum Gasteiger partial charge on any atom is -0.494 e. The number of nitrogens with one attached hydrogen (secondary N) is 1. The first-order valence-electron chi connectivity index (χ1n) is 11.2. The van der Waals surface area contributed by atoms with Crippen LogP contribution < -0.4 is 66.3 Å². The van der Waals surface area contributed by atoms with Gasteiger partial charge in [0, 0.05) is 26.3 Å². The Bertz CT molecular complexity index is 1220. The van der Waals surface area contributed by atoms with Crippen molar-refractivity contribution < 1.29 is 78.7 Å². The van der Waals surface area contributed by atoms with Gasteiger partial charge in [0.15, 0.2) is 0 Å². The molecule has 0 atom stereocenters. The third-order valence-corrected chi connectivity index (χ3v) is 5.10. The van der Waals surface area contributed by atoms with Crippen LogP contribution in [0.3, 0.4) is 0 Å². The molecule has 0 heterocycles. The van der Waals surface area contributed by atoms with Gasteiger partial charge in [-0.25, -0.2) is 0 Å². The van der Waals surface area contributed by atoms with E-state index in [0.29, 0.717) is 35.7 Å². The fourth-order valence-corrected chi connectivity index (χ4v) is 3.15. The molecule has 3 aromatic carbocycles. The van der Waals surface area contributed by atoms with Gasteiger partial charge in [-0.3, -0.25) is 4.79 Å². The predicted molar refractivity (Wildman–Crippen MR) is 134 cm³/mol. The predicted octanol–water partition coefficient (Wildman–Crippen LogP) is 2.94. The number of ether oxygens (including phenoxy) is 1. The second-order valence-electron chi connectivity index (χ2n) is 8.05. The van der Waals surface area contributed by atoms with Crippen molar-refractivity contribution in [3.63, 3.8) is 0 Å². The van der Waals surface area contributed by atoms with Crippen molar-refractivity contribution in [2.24, 2.45) is 10.2 Å². The summed E-state index contributed by atoms with van der Waals surface area (Å²) in [7, 11) is 3.89. The van der Waals surface area contributed by atoms with E-state index in [0.717, 1.165) is 17.8 Å². The van der Waals surface area contributed by atoms with Crippen LogP contribution in [0.4, 0.5) is 30.0 Å². The number of azo groups is 1. The first-order valence-corrected chi connectivity index (χ1v) is 11.2. The molecule has 1 amide bonds. The van der Waals surface area contributed by atoms with E-state index in [-0.39, 0.29) is 63.9 Å². The van der Waals surface area contributed by atoms with Crippen LogP contribution in [0.25, 0.3) is 0 Å². The molecule has 3 aromatic rings. The average Bonchev–Trinajstić information content (AvgIpc) is 2.87. The normalized spacial score (nSPS) is 11.1. The number of carbonyl (C=O) groups excluding carboxylic acids is 2. The molecule has 0 unspecified atom stereocenters. The minimum atomic E-state index is -5.57. The number of rotatable bonds is 11. The van der Waals surface area contributed by atoms with Gasteiger partial charge in [-0.05, 0) is 60.5 Å². The number of nitrogens with zero attached hydrogens (tertiary/aromatic N) is 3. The van der Waals surface area contributed by atoms with E-state index in [4.69, 9.17) is 4.74 Å². The Labute approximate surface area is 256 Å². The van der Waals surface area contributed by atoms with E-state index >= 15 is 0 Å². The first-order chi connectivity index (χ1) is 17.1. The zero-order valence-electron chi connectivity index (χ0n) is 20.8. The van der Waals surface area contributed by atoms with E-state index in [2.05, 4.69) is 15.5 Å². The quantitative estimate of drug-likeness (QED) is 0.232. The summed E-state index contributed by atoms with van der Waals surface area (Å²) in [5.74, 6) is 0.0151. The fourth-order valence-electron chi connectivity index (χ4n) is 3.15. The van der Waals surface area contributed by atoms with Gasteiger partial charge < -0.3 is 32.7 Å². The molecule has 0 aromatic heterocycles. The Morgan fingerprint density at radius 2 is 1.57 bits per heavy atom. The number of anilines is 1. The summed E-state index contributed by atoms with van der Waals surface area (Å²) in [5.41, 5.74) is 0.225.